The molecule has 11 heteroatoms. The van der Waals surface area contributed by atoms with Crippen molar-refractivity contribution in [3.8, 4) is 0 Å². The average molecular weight is 715 g/mol. The highest BCUT2D eigenvalue weighted by atomic mass is 35.5. The van der Waals surface area contributed by atoms with Crippen LogP contribution in [0.2, 0.25) is 5.02 Å². The maximum atomic E-state index is 14.1. The van der Waals surface area contributed by atoms with Crippen LogP contribution in [0.3, 0.4) is 0 Å². The van der Waals surface area contributed by atoms with Gasteiger partial charge in [-0.1, -0.05) is 109 Å². The van der Waals surface area contributed by atoms with Gasteiger partial charge in [0.1, 0.15) is 0 Å². The SMILES string of the molecule is C[C@@H](/C=C/CCn1cc(C(CO)c2ccccc2)nn1)[C@]1(O)C(=O)N(Cc2ccc(N3N=C(c4ccccc4)CCC3=O)cc2)c2ccc(Cl)cc21. The van der Waals surface area contributed by atoms with Crippen molar-refractivity contribution in [2.24, 2.45) is 11.0 Å². The monoisotopic (exact) mass is 714 g/mol. The van der Waals surface area contributed by atoms with Gasteiger partial charge in [0.15, 0.2) is 5.60 Å². The Morgan fingerprint density at radius 2 is 1.67 bits per heavy atom. The number of benzene rings is 4. The molecule has 0 saturated carbocycles. The van der Waals surface area contributed by atoms with E-state index in [1.54, 1.807) is 27.8 Å². The van der Waals surface area contributed by atoms with Gasteiger partial charge in [-0.25, -0.2) is 5.01 Å². The molecule has 1 unspecified atom stereocenters. The molecule has 264 valence electrons. The number of aliphatic hydroxyl groups excluding tert-OH is 1. The summed E-state index contributed by atoms with van der Waals surface area (Å²) in [7, 11) is 0. The molecule has 2 aliphatic rings. The van der Waals surface area contributed by atoms with Gasteiger partial charge in [0.25, 0.3) is 5.91 Å². The van der Waals surface area contributed by atoms with E-state index in [1.807, 2.05) is 110 Å². The summed E-state index contributed by atoms with van der Waals surface area (Å²) in [6, 6.07) is 32.1. The molecule has 2 aliphatic heterocycles. The predicted octanol–water partition coefficient (Wildman–Crippen LogP) is 6.60. The lowest BCUT2D eigenvalue weighted by Gasteiger charge is -2.28. The number of rotatable bonds is 12. The summed E-state index contributed by atoms with van der Waals surface area (Å²) < 4.78 is 1.73. The minimum atomic E-state index is -1.83. The van der Waals surface area contributed by atoms with Gasteiger partial charge in [-0.2, -0.15) is 5.10 Å². The Balaban J connectivity index is 1.04. The molecule has 3 atom stereocenters. The Kier molecular flexibility index (Phi) is 10.1. The molecule has 0 fully saturated rings. The number of hydrazone groups is 1. The molecular formula is C41H39ClN6O4. The number of anilines is 2. The maximum Gasteiger partial charge on any atom is 0.264 e. The van der Waals surface area contributed by atoms with E-state index in [0.29, 0.717) is 53.5 Å². The Bertz CT molecular complexity index is 2120. The first-order valence-electron chi connectivity index (χ1n) is 17.4. The van der Waals surface area contributed by atoms with Gasteiger partial charge >= 0.3 is 0 Å². The zero-order chi connectivity index (χ0) is 36.2. The van der Waals surface area contributed by atoms with E-state index >= 15 is 0 Å². The highest BCUT2D eigenvalue weighted by Gasteiger charge is 2.52. The number of carbonyl (C=O) groups is 2. The van der Waals surface area contributed by atoms with Crippen LogP contribution in [0.1, 0.15) is 60.1 Å². The molecule has 0 saturated heterocycles. The van der Waals surface area contributed by atoms with E-state index in [9.17, 15) is 19.8 Å². The van der Waals surface area contributed by atoms with Gasteiger partial charge in [-0.15, -0.1) is 5.10 Å². The molecule has 0 spiro atoms. The first kappa shape index (κ1) is 35.0. The molecule has 3 heterocycles. The number of hydrogen-bond acceptors (Lipinski definition) is 7. The van der Waals surface area contributed by atoms with Crippen LogP contribution in [0.15, 0.2) is 127 Å². The van der Waals surface area contributed by atoms with E-state index in [0.717, 1.165) is 22.4 Å². The summed E-state index contributed by atoms with van der Waals surface area (Å²) >= 11 is 6.40. The van der Waals surface area contributed by atoms with E-state index in [1.165, 1.54) is 5.01 Å². The molecule has 4 aromatic carbocycles. The fraction of sp³-hybridized carbons (Fsp3) is 0.244. The van der Waals surface area contributed by atoms with E-state index < -0.39 is 17.4 Å². The van der Waals surface area contributed by atoms with E-state index in [4.69, 9.17) is 11.6 Å². The standard InChI is InChI=1S/C41H39ClN6O4/c1-28(10-8-9-23-46-26-37(43-45-46)34(27-49)30-11-4-2-5-12-30)41(52)35-24-32(42)17-21-38(35)47(40(41)51)25-29-15-18-33(19-16-29)48-39(50)22-20-36(44-48)31-13-6-3-7-14-31/h2-8,10-19,21,24,26,28,34,49,52H,9,20,22-23,25,27H2,1H3/b10-8+/t28-,34?,41+/m0/s1. The summed E-state index contributed by atoms with van der Waals surface area (Å²) in [4.78, 5) is 28.5. The van der Waals surface area contributed by atoms with Gasteiger partial charge in [-0.3, -0.25) is 14.3 Å². The number of aryl methyl sites for hydroxylation is 1. The molecule has 2 amide bonds. The van der Waals surface area contributed by atoms with Gasteiger partial charge in [-0.05, 0) is 53.4 Å². The van der Waals surface area contributed by atoms with Crippen molar-refractivity contribution in [3.63, 3.8) is 0 Å². The second-order valence-corrected chi connectivity index (χ2v) is 13.6. The summed E-state index contributed by atoms with van der Waals surface area (Å²) in [5, 5.41) is 37.2. The number of nitrogens with zero attached hydrogens (tertiary/aromatic N) is 6. The average Bonchev–Trinajstić information content (AvgIpc) is 3.72. The summed E-state index contributed by atoms with van der Waals surface area (Å²) in [5.41, 5.74) is 4.18. The molecule has 0 bridgehead atoms. The largest absolute Gasteiger partial charge is 0.395 e. The Hall–Kier alpha value is -5.42. The summed E-state index contributed by atoms with van der Waals surface area (Å²) in [5.74, 6) is -1.35. The van der Waals surface area contributed by atoms with Crippen molar-refractivity contribution < 1.29 is 19.8 Å². The van der Waals surface area contributed by atoms with E-state index in [2.05, 4.69) is 15.4 Å². The highest BCUT2D eigenvalue weighted by Crippen LogP contribution is 2.46. The molecule has 5 aromatic rings. The van der Waals surface area contributed by atoms with Gasteiger partial charge < -0.3 is 15.1 Å². The number of halogens is 1. The smallest absolute Gasteiger partial charge is 0.264 e. The van der Waals surface area contributed by atoms with Crippen molar-refractivity contribution in [2.45, 2.75) is 50.8 Å². The molecule has 0 aliphatic carbocycles. The minimum absolute atomic E-state index is 0.0782. The topological polar surface area (TPSA) is 124 Å². The minimum Gasteiger partial charge on any atom is -0.395 e. The van der Waals surface area contributed by atoms with Crippen molar-refractivity contribution >= 4 is 40.5 Å². The van der Waals surface area contributed by atoms with Crippen LogP contribution in [-0.2, 0) is 28.3 Å². The quantitative estimate of drug-likeness (QED) is 0.140. The van der Waals surface area contributed by atoms with Crippen molar-refractivity contribution in [1.82, 2.24) is 15.0 Å². The second-order valence-electron chi connectivity index (χ2n) is 13.2. The predicted molar refractivity (Wildman–Crippen MR) is 201 cm³/mol. The normalized spacial score (nSPS) is 18.5. The van der Waals surface area contributed by atoms with Gasteiger partial charge in [0, 0.05) is 42.1 Å². The van der Waals surface area contributed by atoms with Crippen molar-refractivity contribution in [3.05, 3.63) is 154 Å². The lowest BCUT2D eigenvalue weighted by molar-refractivity contribution is -0.139. The third-order valence-corrected chi connectivity index (χ3v) is 10.0. The number of aliphatic hydroxyl groups is 2. The third-order valence-electron chi connectivity index (χ3n) is 9.80. The first-order chi connectivity index (χ1) is 25.3. The van der Waals surface area contributed by atoms with Crippen LogP contribution in [0, 0.1) is 5.92 Å². The lowest BCUT2D eigenvalue weighted by atomic mass is 9.83. The van der Waals surface area contributed by atoms with Crippen LogP contribution >= 0.6 is 11.6 Å². The van der Waals surface area contributed by atoms with Crippen LogP contribution in [0.5, 0.6) is 0 Å². The number of carbonyl (C=O) groups excluding carboxylic acids is 2. The fourth-order valence-electron chi connectivity index (χ4n) is 6.88. The molecule has 52 heavy (non-hydrogen) atoms. The first-order valence-corrected chi connectivity index (χ1v) is 17.8. The van der Waals surface area contributed by atoms with Crippen LogP contribution in [0.25, 0.3) is 0 Å². The molecule has 7 rings (SSSR count). The molecule has 1 aromatic heterocycles. The lowest BCUT2D eigenvalue weighted by Crippen LogP contribution is -2.44. The second kappa shape index (κ2) is 15.1. The van der Waals surface area contributed by atoms with Gasteiger partial charge in [0.2, 0.25) is 5.91 Å². The van der Waals surface area contributed by atoms with Gasteiger partial charge in [0.05, 0.1) is 41.8 Å². The Morgan fingerprint density at radius 3 is 2.40 bits per heavy atom. The summed E-state index contributed by atoms with van der Waals surface area (Å²) in [6.07, 6.45) is 7.14. The maximum absolute atomic E-state index is 14.1. The Morgan fingerprint density at radius 1 is 0.942 bits per heavy atom. The molecule has 2 N–H and O–H groups in total. The van der Waals surface area contributed by atoms with Crippen molar-refractivity contribution in [2.75, 3.05) is 16.5 Å². The van der Waals surface area contributed by atoms with Crippen LogP contribution in [-0.4, -0.2) is 49.3 Å². The fourth-order valence-corrected chi connectivity index (χ4v) is 7.05. The molecule has 10 nitrogen and oxygen atoms in total. The number of hydrogen-bond donors (Lipinski definition) is 2. The number of aromatic nitrogens is 3. The number of allylic oxidation sites excluding steroid dienone is 1. The zero-order valence-electron chi connectivity index (χ0n) is 28.7. The zero-order valence-corrected chi connectivity index (χ0v) is 29.5. The van der Waals surface area contributed by atoms with E-state index in [-0.39, 0.29) is 25.0 Å². The van der Waals surface area contributed by atoms with Crippen molar-refractivity contribution in [1.29, 1.82) is 0 Å². The highest BCUT2D eigenvalue weighted by molar-refractivity contribution is 6.31. The van der Waals surface area contributed by atoms with Crippen LogP contribution in [0.4, 0.5) is 11.4 Å². The third kappa shape index (κ3) is 6.92. The summed E-state index contributed by atoms with van der Waals surface area (Å²) in [6.45, 7) is 2.48. The van der Waals surface area contributed by atoms with Crippen LogP contribution < -0.4 is 9.91 Å². The number of fused-ring (bicyclic) bond motifs is 1. The number of amides is 2. The molecule has 0 radical (unpaired) electrons. The molecular weight excluding hydrogens is 676 g/mol. The Labute approximate surface area is 307 Å².